The maximum atomic E-state index is 12.5. The summed E-state index contributed by atoms with van der Waals surface area (Å²) in [6, 6.07) is 9.11. The highest BCUT2D eigenvalue weighted by Gasteiger charge is 2.46. The molecular weight excluding hydrogens is 362 g/mol. The number of carbonyl (C=O) groups is 2. The molecule has 1 amide bonds. The summed E-state index contributed by atoms with van der Waals surface area (Å²) in [6.07, 6.45) is 2.12. The zero-order valence-corrected chi connectivity index (χ0v) is 14.1. The number of nitrogens with one attached hydrogen (secondary N) is 1. The fourth-order valence-electron chi connectivity index (χ4n) is 2.66. The number of halogens is 1. The van der Waals surface area contributed by atoms with E-state index in [1.807, 2.05) is 24.3 Å². The lowest BCUT2D eigenvalue weighted by molar-refractivity contribution is 0.0694. The van der Waals surface area contributed by atoms with Crippen LogP contribution >= 0.6 is 15.9 Å². The molecule has 1 aromatic carbocycles. The van der Waals surface area contributed by atoms with Crippen LogP contribution in [-0.4, -0.2) is 17.0 Å². The van der Waals surface area contributed by atoms with Gasteiger partial charge in [0.15, 0.2) is 5.76 Å². The molecule has 0 spiro atoms. The van der Waals surface area contributed by atoms with Crippen molar-refractivity contribution in [2.45, 2.75) is 31.7 Å². The summed E-state index contributed by atoms with van der Waals surface area (Å²) < 4.78 is 6.37. The van der Waals surface area contributed by atoms with Crippen LogP contribution in [0, 0.1) is 0 Å². The van der Waals surface area contributed by atoms with Crippen LogP contribution in [0.3, 0.4) is 0 Å². The van der Waals surface area contributed by atoms with Crippen molar-refractivity contribution >= 4 is 27.8 Å². The largest absolute Gasteiger partial charge is 0.478 e. The van der Waals surface area contributed by atoms with Gasteiger partial charge in [-0.2, -0.15) is 0 Å². The fraction of sp³-hybridized carbons (Fsp3) is 0.294. The molecule has 120 valence electrons. The number of furan rings is 1. The first-order valence-corrected chi connectivity index (χ1v) is 8.19. The number of aromatic carboxylic acids is 1. The van der Waals surface area contributed by atoms with E-state index in [1.54, 1.807) is 6.92 Å². The highest BCUT2D eigenvalue weighted by Crippen LogP contribution is 2.46. The Morgan fingerprint density at radius 2 is 2.09 bits per heavy atom. The zero-order chi connectivity index (χ0) is 16.6. The first-order chi connectivity index (χ1) is 10.9. The number of rotatable bonds is 5. The van der Waals surface area contributed by atoms with Crippen LogP contribution in [0.2, 0.25) is 0 Å². The Hall–Kier alpha value is -2.08. The SMILES string of the molecule is CCc1oc(C(=O)NC2(c3cccc(Br)c3)CC2)cc1C(=O)O. The molecule has 1 aromatic heterocycles. The molecule has 0 aliphatic heterocycles. The zero-order valence-electron chi connectivity index (χ0n) is 12.6. The molecule has 0 radical (unpaired) electrons. The van der Waals surface area contributed by atoms with Crippen LogP contribution < -0.4 is 5.32 Å². The van der Waals surface area contributed by atoms with Crippen molar-refractivity contribution < 1.29 is 19.1 Å². The third-order valence-corrected chi connectivity index (χ3v) is 4.56. The van der Waals surface area contributed by atoms with Crippen LogP contribution in [0.5, 0.6) is 0 Å². The van der Waals surface area contributed by atoms with E-state index >= 15 is 0 Å². The van der Waals surface area contributed by atoms with E-state index in [4.69, 9.17) is 9.52 Å². The molecule has 1 heterocycles. The van der Waals surface area contributed by atoms with E-state index in [0.29, 0.717) is 12.2 Å². The van der Waals surface area contributed by atoms with E-state index in [0.717, 1.165) is 22.9 Å². The van der Waals surface area contributed by atoms with Crippen molar-refractivity contribution in [2.75, 3.05) is 0 Å². The Morgan fingerprint density at radius 1 is 1.35 bits per heavy atom. The van der Waals surface area contributed by atoms with Crippen LogP contribution in [-0.2, 0) is 12.0 Å². The smallest absolute Gasteiger partial charge is 0.339 e. The molecule has 6 heteroatoms. The maximum absolute atomic E-state index is 12.5. The summed E-state index contributed by atoms with van der Waals surface area (Å²) in [7, 11) is 0. The molecule has 1 aliphatic carbocycles. The number of hydrogen-bond donors (Lipinski definition) is 2. The molecule has 2 N–H and O–H groups in total. The third-order valence-electron chi connectivity index (χ3n) is 4.06. The molecule has 0 bridgehead atoms. The van der Waals surface area contributed by atoms with Gasteiger partial charge in [-0.15, -0.1) is 0 Å². The summed E-state index contributed by atoms with van der Waals surface area (Å²) in [6.45, 7) is 1.79. The summed E-state index contributed by atoms with van der Waals surface area (Å²) in [5.74, 6) is -1.11. The van der Waals surface area contributed by atoms with Gasteiger partial charge in [-0.1, -0.05) is 35.0 Å². The number of carboxylic acid groups (broad SMARTS) is 1. The van der Waals surface area contributed by atoms with Crippen LogP contribution in [0.1, 0.15) is 52.0 Å². The predicted octanol–water partition coefficient (Wildman–Crippen LogP) is 3.72. The number of aryl methyl sites for hydroxylation is 1. The van der Waals surface area contributed by atoms with Gasteiger partial charge in [-0.3, -0.25) is 4.79 Å². The van der Waals surface area contributed by atoms with Gasteiger partial charge in [0.05, 0.1) is 5.54 Å². The van der Waals surface area contributed by atoms with E-state index < -0.39 is 5.97 Å². The second-order valence-corrected chi connectivity index (χ2v) is 6.57. The van der Waals surface area contributed by atoms with Crippen LogP contribution in [0.15, 0.2) is 39.2 Å². The lowest BCUT2D eigenvalue weighted by Crippen LogP contribution is -2.34. The summed E-state index contributed by atoms with van der Waals surface area (Å²) >= 11 is 3.44. The van der Waals surface area contributed by atoms with Crippen molar-refractivity contribution in [3.05, 3.63) is 57.5 Å². The monoisotopic (exact) mass is 377 g/mol. The van der Waals surface area contributed by atoms with Gasteiger partial charge in [-0.05, 0) is 30.5 Å². The third kappa shape index (κ3) is 3.03. The van der Waals surface area contributed by atoms with Crippen LogP contribution in [0.25, 0.3) is 0 Å². The molecule has 23 heavy (non-hydrogen) atoms. The van der Waals surface area contributed by atoms with E-state index in [1.165, 1.54) is 6.07 Å². The van der Waals surface area contributed by atoms with Crippen molar-refractivity contribution in [3.63, 3.8) is 0 Å². The van der Waals surface area contributed by atoms with Gasteiger partial charge in [-0.25, -0.2) is 4.79 Å². The molecule has 1 fully saturated rings. The Balaban J connectivity index is 1.83. The normalized spacial score (nSPS) is 15.2. The minimum Gasteiger partial charge on any atom is -0.478 e. The minimum absolute atomic E-state index is 0.0421. The van der Waals surface area contributed by atoms with Gasteiger partial charge in [0.2, 0.25) is 0 Å². The van der Waals surface area contributed by atoms with Gasteiger partial charge in [0, 0.05) is 17.0 Å². The number of benzene rings is 1. The summed E-state index contributed by atoms with van der Waals surface area (Å²) in [5.41, 5.74) is 0.689. The van der Waals surface area contributed by atoms with Crippen molar-refractivity contribution in [1.29, 1.82) is 0 Å². The highest BCUT2D eigenvalue weighted by atomic mass is 79.9. The van der Waals surface area contributed by atoms with Crippen molar-refractivity contribution in [1.82, 2.24) is 5.32 Å². The van der Waals surface area contributed by atoms with Crippen LogP contribution in [0.4, 0.5) is 0 Å². The first-order valence-electron chi connectivity index (χ1n) is 7.40. The van der Waals surface area contributed by atoms with Gasteiger partial charge in [0.25, 0.3) is 5.91 Å². The highest BCUT2D eigenvalue weighted by molar-refractivity contribution is 9.10. The average Bonchev–Trinajstić information content (AvgIpc) is 3.15. The number of carboxylic acids is 1. The quantitative estimate of drug-likeness (QED) is 0.831. The molecule has 3 rings (SSSR count). The lowest BCUT2D eigenvalue weighted by Gasteiger charge is -2.17. The van der Waals surface area contributed by atoms with E-state index in [-0.39, 0.29) is 22.8 Å². The lowest BCUT2D eigenvalue weighted by atomic mass is 10.0. The Bertz CT molecular complexity index is 777. The summed E-state index contributed by atoms with van der Waals surface area (Å²) in [5, 5.41) is 12.1. The Kier molecular flexibility index (Phi) is 4.02. The van der Waals surface area contributed by atoms with Gasteiger partial charge in [0.1, 0.15) is 11.3 Å². The number of carbonyl (C=O) groups excluding carboxylic acids is 1. The predicted molar refractivity (Wildman–Crippen MR) is 87.6 cm³/mol. The maximum Gasteiger partial charge on any atom is 0.339 e. The molecular formula is C17H16BrNO4. The second-order valence-electron chi connectivity index (χ2n) is 5.65. The Morgan fingerprint density at radius 3 is 2.61 bits per heavy atom. The molecule has 1 saturated carbocycles. The average molecular weight is 378 g/mol. The topological polar surface area (TPSA) is 79.5 Å². The fourth-order valence-corrected chi connectivity index (χ4v) is 3.06. The number of amides is 1. The molecule has 0 saturated heterocycles. The molecule has 5 nitrogen and oxygen atoms in total. The van der Waals surface area contributed by atoms with E-state index in [2.05, 4.69) is 21.2 Å². The van der Waals surface area contributed by atoms with E-state index in [9.17, 15) is 9.59 Å². The second kappa shape index (κ2) is 5.85. The standard InChI is InChI=1S/C17H16BrNO4/c1-2-13-12(16(21)22)9-14(23-13)15(20)19-17(6-7-17)10-4-3-5-11(18)8-10/h3-5,8-9H,2,6-7H2,1H3,(H,19,20)(H,21,22). The van der Waals surface area contributed by atoms with Gasteiger partial charge >= 0.3 is 5.97 Å². The van der Waals surface area contributed by atoms with Crippen molar-refractivity contribution in [2.24, 2.45) is 0 Å². The minimum atomic E-state index is -1.09. The van der Waals surface area contributed by atoms with Crippen molar-refractivity contribution in [3.8, 4) is 0 Å². The summed E-state index contributed by atoms with van der Waals surface area (Å²) in [4.78, 5) is 23.6. The molecule has 0 atom stereocenters. The van der Waals surface area contributed by atoms with Gasteiger partial charge < -0.3 is 14.8 Å². The molecule has 0 unspecified atom stereocenters. The molecule has 1 aliphatic rings. The molecule has 2 aromatic rings. The Labute approximate surface area is 141 Å². The first kappa shape index (κ1) is 15.8. The number of hydrogen-bond acceptors (Lipinski definition) is 3.